The fourth-order valence-electron chi connectivity index (χ4n) is 3.11. The number of non-ortho nitro benzene ring substituents is 1. The van der Waals surface area contributed by atoms with E-state index in [1.807, 2.05) is 0 Å². The number of aromatic nitrogens is 1. The number of carbonyl (C=O) groups is 1. The molecule has 0 bridgehead atoms. The van der Waals surface area contributed by atoms with Crippen molar-refractivity contribution in [3.63, 3.8) is 0 Å². The van der Waals surface area contributed by atoms with Crippen LogP contribution in [-0.2, 0) is 11.2 Å². The van der Waals surface area contributed by atoms with E-state index in [-0.39, 0.29) is 23.8 Å². The number of fused-ring (bicyclic) bond motifs is 1. The number of likely N-dealkylation sites (N-methyl/N-ethyl adjacent to an activating group) is 1. The SMILES string of the molecule is CCN(CC)CCN(C(=O)Cc1ccc(F)cc1)c1nc2ccc([N+](=O)[O-])cc2s1. The van der Waals surface area contributed by atoms with Gasteiger partial charge in [-0.25, -0.2) is 9.37 Å². The van der Waals surface area contributed by atoms with Crippen molar-refractivity contribution in [1.29, 1.82) is 0 Å². The van der Waals surface area contributed by atoms with Crippen LogP contribution in [0.2, 0.25) is 0 Å². The lowest BCUT2D eigenvalue weighted by Crippen LogP contribution is -2.39. The van der Waals surface area contributed by atoms with E-state index in [0.29, 0.717) is 34.0 Å². The van der Waals surface area contributed by atoms with Crippen LogP contribution in [0.5, 0.6) is 0 Å². The van der Waals surface area contributed by atoms with Crippen LogP contribution in [0.15, 0.2) is 42.5 Å². The zero-order valence-electron chi connectivity index (χ0n) is 16.9. The molecule has 1 heterocycles. The molecule has 1 amide bonds. The van der Waals surface area contributed by atoms with Gasteiger partial charge >= 0.3 is 0 Å². The van der Waals surface area contributed by atoms with Gasteiger partial charge in [-0.1, -0.05) is 37.3 Å². The average molecular weight is 431 g/mol. The van der Waals surface area contributed by atoms with Crippen molar-refractivity contribution in [3.05, 3.63) is 64.0 Å². The molecule has 9 heteroatoms. The quantitative estimate of drug-likeness (QED) is 0.374. The van der Waals surface area contributed by atoms with Gasteiger partial charge in [0, 0.05) is 25.2 Å². The molecule has 0 radical (unpaired) electrons. The minimum atomic E-state index is -0.448. The lowest BCUT2D eigenvalue weighted by atomic mass is 10.1. The number of halogens is 1. The number of nitro benzene ring substituents is 1. The van der Waals surface area contributed by atoms with Gasteiger partial charge in [0.1, 0.15) is 5.82 Å². The van der Waals surface area contributed by atoms with Crippen LogP contribution in [0.4, 0.5) is 15.2 Å². The number of hydrogen-bond donors (Lipinski definition) is 0. The van der Waals surface area contributed by atoms with Crippen molar-refractivity contribution in [1.82, 2.24) is 9.88 Å². The molecule has 30 heavy (non-hydrogen) atoms. The van der Waals surface area contributed by atoms with Crippen LogP contribution >= 0.6 is 11.3 Å². The molecular weight excluding hydrogens is 407 g/mol. The molecule has 7 nitrogen and oxygen atoms in total. The van der Waals surface area contributed by atoms with E-state index in [1.165, 1.54) is 35.6 Å². The van der Waals surface area contributed by atoms with Gasteiger partial charge in [-0.15, -0.1) is 0 Å². The second-order valence-corrected chi connectivity index (χ2v) is 7.79. The first-order chi connectivity index (χ1) is 14.4. The van der Waals surface area contributed by atoms with E-state index in [9.17, 15) is 19.3 Å². The first-order valence-corrected chi connectivity index (χ1v) is 10.5. The number of thiazole rings is 1. The number of rotatable bonds is 9. The molecule has 158 valence electrons. The maximum Gasteiger partial charge on any atom is 0.270 e. The summed E-state index contributed by atoms with van der Waals surface area (Å²) in [5.74, 6) is -0.500. The highest BCUT2D eigenvalue weighted by Crippen LogP contribution is 2.31. The van der Waals surface area contributed by atoms with Gasteiger partial charge in [0.2, 0.25) is 5.91 Å². The fourth-order valence-corrected chi connectivity index (χ4v) is 4.15. The molecular formula is C21H23FN4O3S. The number of carbonyl (C=O) groups excluding carboxylic acids is 1. The third-order valence-electron chi connectivity index (χ3n) is 4.91. The number of benzene rings is 2. The third-order valence-corrected chi connectivity index (χ3v) is 5.95. The van der Waals surface area contributed by atoms with E-state index in [0.717, 1.165) is 13.1 Å². The van der Waals surface area contributed by atoms with E-state index < -0.39 is 4.92 Å². The molecule has 0 aliphatic carbocycles. The molecule has 0 atom stereocenters. The van der Waals surface area contributed by atoms with E-state index in [2.05, 4.69) is 23.7 Å². The summed E-state index contributed by atoms with van der Waals surface area (Å²) in [7, 11) is 0. The predicted molar refractivity (Wildman–Crippen MR) is 117 cm³/mol. The zero-order valence-corrected chi connectivity index (χ0v) is 17.7. The standard InChI is InChI=1S/C21H23FN4O3S/c1-3-24(4-2)11-12-25(20(27)13-15-5-7-16(22)8-6-15)21-23-18-10-9-17(26(28)29)14-19(18)30-21/h5-10,14H,3-4,11-13H2,1-2H3. The van der Waals surface area contributed by atoms with Crippen LogP contribution in [0.25, 0.3) is 10.2 Å². The van der Waals surface area contributed by atoms with Crippen molar-refractivity contribution in [2.24, 2.45) is 0 Å². The normalized spacial score (nSPS) is 11.2. The molecule has 0 fully saturated rings. The molecule has 0 N–H and O–H groups in total. The third kappa shape index (κ3) is 5.17. The molecule has 0 spiro atoms. The Balaban J connectivity index is 1.89. The van der Waals surface area contributed by atoms with Crippen molar-refractivity contribution in [2.45, 2.75) is 20.3 Å². The molecule has 2 aromatic carbocycles. The lowest BCUT2D eigenvalue weighted by molar-refractivity contribution is -0.384. The van der Waals surface area contributed by atoms with Crippen LogP contribution in [0, 0.1) is 15.9 Å². The molecule has 0 saturated carbocycles. The summed E-state index contributed by atoms with van der Waals surface area (Å²) in [6.45, 7) is 6.98. The van der Waals surface area contributed by atoms with Crippen LogP contribution in [0.3, 0.4) is 0 Å². The number of amides is 1. The highest BCUT2D eigenvalue weighted by molar-refractivity contribution is 7.22. The van der Waals surface area contributed by atoms with E-state index in [4.69, 9.17) is 0 Å². The Morgan fingerprint density at radius 3 is 2.47 bits per heavy atom. The highest BCUT2D eigenvalue weighted by Gasteiger charge is 2.21. The number of nitrogens with zero attached hydrogens (tertiary/aromatic N) is 4. The van der Waals surface area contributed by atoms with Crippen molar-refractivity contribution in [3.8, 4) is 0 Å². The van der Waals surface area contributed by atoms with E-state index >= 15 is 0 Å². The Kier molecular flexibility index (Phi) is 7.07. The minimum absolute atomic E-state index is 0.00923. The molecule has 0 saturated heterocycles. The maximum absolute atomic E-state index is 13.2. The van der Waals surface area contributed by atoms with Crippen molar-refractivity contribution in [2.75, 3.05) is 31.1 Å². The molecule has 1 aromatic heterocycles. The van der Waals surface area contributed by atoms with Gasteiger partial charge in [-0.3, -0.25) is 19.8 Å². The Morgan fingerprint density at radius 1 is 1.13 bits per heavy atom. The van der Waals surface area contributed by atoms with Crippen LogP contribution < -0.4 is 4.90 Å². The fraction of sp³-hybridized carbons (Fsp3) is 0.333. The molecule has 0 unspecified atom stereocenters. The Hall–Kier alpha value is -2.91. The largest absolute Gasteiger partial charge is 0.302 e. The Bertz CT molecular complexity index is 1030. The van der Waals surface area contributed by atoms with Gasteiger partial charge < -0.3 is 4.90 Å². The van der Waals surface area contributed by atoms with Gasteiger partial charge in [0.15, 0.2) is 5.13 Å². The van der Waals surface area contributed by atoms with Gasteiger partial charge in [-0.2, -0.15) is 0 Å². The Morgan fingerprint density at radius 2 is 1.83 bits per heavy atom. The molecule has 3 rings (SSSR count). The predicted octanol–water partition coefficient (Wildman–Crippen LogP) is 4.26. The van der Waals surface area contributed by atoms with Crippen molar-refractivity contribution < 1.29 is 14.1 Å². The lowest BCUT2D eigenvalue weighted by Gasteiger charge is -2.24. The topological polar surface area (TPSA) is 79.6 Å². The molecule has 0 aliphatic rings. The average Bonchev–Trinajstić information content (AvgIpc) is 3.15. The van der Waals surface area contributed by atoms with Gasteiger partial charge in [0.25, 0.3) is 5.69 Å². The maximum atomic E-state index is 13.2. The highest BCUT2D eigenvalue weighted by atomic mass is 32.1. The van der Waals surface area contributed by atoms with Gasteiger partial charge in [-0.05, 0) is 36.9 Å². The first-order valence-electron chi connectivity index (χ1n) is 9.73. The summed E-state index contributed by atoms with van der Waals surface area (Å²) in [5.41, 5.74) is 1.32. The van der Waals surface area contributed by atoms with Crippen LogP contribution in [0.1, 0.15) is 19.4 Å². The van der Waals surface area contributed by atoms with Crippen LogP contribution in [-0.4, -0.2) is 46.9 Å². The second-order valence-electron chi connectivity index (χ2n) is 6.78. The smallest absolute Gasteiger partial charge is 0.270 e. The first kappa shape index (κ1) is 21.8. The summed E-state index contributed by atoms with van der Waals surface area (Å²) in [6, 6.07) is 10.3. The monoisotopic (exact) mass is 430 g/mol. The summed E-state index contributed by atoms with van der Waals surface area (Å²) >= 11 is 1.26. The minimum Gasteiger partial charge on any atom is -0.302 e. The summed E-state index contributed by atoms with van der Waals surface area (Å²) in [4.78, 5) is 32.1. The molecule has 0 aliphatic heterocycles. The second kappa shape index (κ2) is 9.73. The Labute approximate surface area is 177 Å². The zero-order chi connectivity index (χ0) is 21.7. The summed E-state index contributed by atoms with van der Waals surface area (Å²) in [5, 5.41) is 11.6. The van der Waals surface area contributed by atoms with Crippen molar-refractivity contribution >= 4 is 38.3 Å². The number of hydrogen-bond acceptors (Lipinski definition) is 6. The molecule has 3 aromatic rings. The number of anilines is 1. The summed E-state index contributed by atoms with van der Waals surface area (Å²) in [6.07, 6.45) is 0.120. The summed E-state index contributed by atoms with van der Waals surface area (Å²) < 4.78 is 13.8. The number of nitro groups is 1. The van der Waals surface area contributed by atoms with Gasteiger partial charge in [0.05, 0.1) is 21.6 Å². The van der Waals surface area contributed by atoms with E-state index in [1.54, 1.807) is 23.1 Å².